The van der Waals surface area contributed by atoms with Crippen LogP contribution in [0.15, 0.2) is 48.0 Å². The molecule has 0 saturated heterocycles. The lowest BCUT2D eigenvalue weighted by Gasteiger charge is -2.27. The van der Waals surface area contributed by atoms with Crippen LogP contribution >= 0.6 is 11.3 Å². The fourth-order valence-electron chi connectivity index (χ4n) is 3.41. The van der Waals surface area contributed by atoms with Gasteiger partial charge in [0, 0.05) is 23.7 Å². The molecule has 1 aromatic carbocycles. The molecule has 3 aromatic rings. The number of amides is 1. The number of carbonyl (C=O) groups excluding carboxylic acids is 1. The van der Waals surface area contributed by atoms with Crippen LogP contribution in [0.5, 0.6) is 5.75 Å². The van der Waals surface area contributed by atoms with Crippen LogP contribution in [0.3, 0.4) is 0 Å². The Labute approximate surface area is 156 Å². The summed E-state index contributed by atoms with van der Waals surface area (Å²) in [6.45, 7) is 4.94. The summed E-state index contributed by atoms with van der Waals surface area (Å²) in [5.41, 5.74) is 2.39. The average molecular weight is 367 g/mol. The number of para-hydroxylation sites is 1. The Morgan fingerprint density at radius 3 is 2.92 bits per heavy atom. The van der Waals surface area contributed by atoms with Gasteiger partial charge < -0.3 is 9.64 Å². The molecular formula is C20H21N3O2S. The highest BCUT2D eigenvalue weighted by molar-refractivity contribution is 7.15. The number of nitrogens with zero attached hydrogens (tertiary/aromatic N) is 3. The number of carbonyl (C=O) groups is 1. The zero-order valence-electron chi connectivity index (χ0n) is 15.0. The zero-order chi connectivity index (χ0) is 18.3. The summed E-state index contributed by atoms with van der Waals surface area (Å²) in [7, 11) is 1.65. The largest absolute Gasteiger partial charge is 0.496 e. The van der Waals surface area contributed by atoms with E-state index in [1.807, 2.05) is 45.1 Å². The van der Waals surface area contributed by atoms with E-state index in [2.05, 4.69) is 26.0 Å². The van der Waals surface area contributed by atoms with Crippen molar-refractivity contribution in [2.24, 2.45) is 5.92 Å². The van der Waals surface area contributed by atoms with Crippen LogP contribution in [-0.4, -0.2) is 39.9 Å². The first-order valence-corrected chi connectivity index (χ1v) is 9.55. The van der Waals surface area contributed by atoms with E-state index in [4.69, 9.17) is 9.72 Å². The molecule has 26 heavy (non-hydrogen) atoms. The normalized spacial score (nSPS) is 16.8. The lowest BCUT2D eigenvalue weighted by molar-refractivity contribution is 0.0714. The van der Waals surface area contributed by atoms with Gasteiger partial charge in [0.05, 0.1) is 18.8 Å². The Morgan fingerprint density at radius 1 is 1.35 bits per heavy atom. The Hall–Kier alpha value is -2.60. The maximum atomic E-state index is 13.1. The van der Waals surface area contributed by atoms with E-state index in [-0.39, 0.29) is 11.9 Å². The van der Waals surface area contributed by atoms with Gasteiger partial charge in [0.15, 0.2) is 4.96 Å². The van der Waals surface area contributed by atoms with E-state index >= 15 is 0 Å². The van der Waals surface area contributed by atoms with Gasteiger partial charge in [-0.2, -0.15) is 0 Å². The molecule has 1 aliphatic heterocycles. The van der Waals surface area contributed by atoms with Gasteiger partial charge >= 0.3 is 0 Å². The fraction of sp³-hybridized carbons (Fsp3) is 0.300. The number of thiazole rings is 1. The second-order valence-corrected chi connectivity index (χ2v) is 7.56. The van der Waals surface area contributed by atoms with Gasteiger partial charge in [-0.25, -0.2) is 4.98 Å². The molecule has 1 aliphatic rings. The second kappa shape index (κ2) is 6.61. The first-order valence-electron chi connectivity index (χ1n) is 8.67. The van der Waals surface area contributed by atoms with E-state index in [0.29, 0.717) is 18.2 Å². The van der Waals surface area contributed by atoms with Crippen molar-refractivity contribution >= 4 is 22.2 Å². The van der Waals surface area contributed by atoms with E-state index in [1.54, 1.807) is 7.11 Å². The minimum Gasteiger partial charge on any atom is -0.496 e. The van der Waals surface area contributed by atoms with Crippen molar-refractivity contribution < 1.29 is 9.53 Å². The number of hydrogen-bond acceptors (Lipinski definition) is 4. The highest BCUT2D eigenvalue weighted by atomic mass is 32.1. The molecule has 0 aliphatic carbocycles. The van der Waals surface area contributed by atoms with Crippen molar-refractivity contribution in [1.82, 2.24) is 14.3 Å². The number of fused-ring (bicyclic) bond motifs is 1. The molecule has 4 rings (SSSR count). The van der Waals surface area contributed by atoms with E-state index in [0.717, 1.165) is 22.0 Å². The lowest BCUT2D eigenvalue weighted by atomic mass is 10.0. The lowest BCUT2D eigenvalue weighted by Crippen LogP contribution is -2.39. The monoisotopic (exact) mass is 367 g/mol. The van der Waals surface area contributed by atoms with E-state index in [1.165, 1.54) is 11.3 Å². The maximum absolute atomic E-state index is 13.1. The van der Waals surface area contributed by atoms with Crippen molar-refractivity contribution in [2.45, 2.75) is 19.9 Å². The van der Waals surface area contributed by atoms with Gasteiger partial charge in [-0.3, -0.25) is 9.20 Å². The summed E-state index contributed by atoms with van der Waals surface area (Å²) in [6, 6.07) is 7.93. The molecule has 0 spiro atoms. The Balaban J connectivity index is 1.72. The first kappa shape index (κ1) is 16.8. The number of aromatic nitrogens is 2. The van der Waals surface area contributed by atoms with E-state index < -0.39 is 0 Å². The summed E-state index contributed by atoms with van der Waals surface area (Å²) in [5.74, 6) is 1.21. The molecule has 0 bridgehead atoms. The summed E-state index contributed by atoms with van der Waals surface area (Å²) in [4.78, 5) is 20.5. The highest BCUT2D eigenvalue weighted by Gasteiger charge is 2.29. The van der Waals surface area contributed by atoms with Crippen LogP contribution in [-0.2, 0) is 0 Å². The topological polar surface area (TPSA) is 46.8 Å². The molecule has 1 amide bonds. The molecule has 0 saturated carbocycles. The zero-order valence-corrected chi connectivity index (χ0v) is 15.9. The van der Waals surface area contributed by atoms with Gasteiger partial charge in [0.1, 0.15) is 11.4 Å². The molecule has 134 valence electrons. The van der Waals surface area contributed by atoms with Crippen molar-refractivity contribution in [3.63, 3.8) is 0 Å². The van der Waals surface area contributed by atoms with Crippen LogP contribution < -0.4 is 4.74 Å². The molecule has 0 fully saturated rings. The van der Waals surface area contributed by atoms with Gasteiger partial charge in [0.2, 0.25) is 0 Å². The molecular weight excluding hydrogens is 346 g/mol. The first-order chi connectivity index (χ1) is 12.6. The third-order valence-electron chi connectivity index (χ3n) is 4.75. The van der Waals surface area contributed by atoms with Crippen LogP contribution in [0.1, 0.15) is 24.3 Å². The SMILES string of the molecule is COc1ccccc1-c1cn2c(C(=O)N3CC=C[C@@H]3C(C)C)csc2n1. The Bertz CT molecular complexity index is 986. The summed E-state index contributed by atoms with van der Waals surface area (Å²) < 4.78 is 7.34. The Kier molecular flexibility index (Phi) is 4.28. The average Bonchev–Trinajstić information content (AvgIpc) is 3.35. The van der Waals surface area contributed by atoms with Crippen molar-refractivity contribution in [3.05, 3.63) is 53.7 Å². The molecule has 1 atom stereocenters. The predicted octanol–water partition coefficient (Wildman–Crippen LogP) is 4.11. The van der Waals surface area contributed by atoms with Crippen molar-refractivity contribution in [3.8, 4) is 17.0 Å². The molecule has 6 heteroatoms. The highest BCUT2D eigenvalue weighted by Crippen LogP contribution is 2.31. The third kappa shape index (κ3) is 2.70. The standard InChI is InChI=1S/C20H21N3O2S/c1-13(2)16-8-6-10-22(16)19(24)17-12-26-20-21-15(11-23(17)20)14-7-4-5-9-18(14)25-3/h4-9,11-13,16H,10H2,1-3H3/t16-/m1/s1. The molecule has 2 aromatic heterocycles. The van der Waals surface area contributed by atoms with Gasteiger partial charge in [0.25, 0.3) is 5.91 Å². The van der Waals surface area contributed by atoms with Crippen LogP contribution in [0.25, 0.3) is 16.2 Å². The number of hydrogen-bond donors (Lipinski definition) is 0. The van der Waals surface area contributed by atoms with Crippen LogP contribution in [0, 0.1) is 5.92 Å². The van der Waals surface area contributed by atoms with Crippen LogP contribution in [0.2, 0.25) is 0 Å². The molecule has 0 radical (unpaired) electrons. The molecule has 5 nitrogen and oxygen atoms in total. The third-order valence-corrected chi connectivity index (χ3v) is 5.59. The maximum Gasteiger partial charge on any atom is 0.272 e. The van der Waals surface area contributed by atoms with Gasteiger partial charge in [-0.1, -0.05) is 38.1 Å². The molecule has 3 heterocycles. The number of ether oxygens (including phenoxy) is 1. The predicted molar refractivity (Wildman–Crippen MR) is 104 cm³/mol. The fourth-order valence-corrected chi connectivity index (χ4v) is 4.26. The summed E-state index contributed by atoms with van der Waals surface area (Å²) >= 11 is 1.48. The Morgan fingerprint density at radius 2 is 2.15 bits per heavy atom. The van der Waals surface area contributed by atoms with Crippen molar-refractivity contribution in [1.29, 1.82) is 0 Å². The summed E-state index contributed by atoms with van der Waals surface area (Å²) in [5, 5.41) is 1.90. The van der Waals surface area contributed by atoms with Crippen molar-refractivity contribution in [2.75, 3.05) is 13.7 Å². The van der Waals surface area contributed by atoms with Gasteiger partial charge in [-0.15, -0.1) is 11.3 Å². The minimum absolute atomic E-state index is 0.0453. The number of benzene rings is 1. The molecule has 0 N–H and O–H groups in total. The number of methoxy groups -OCH3 is 1. The number of imidazole rings is 1. The van der Waals surface area contributed by atoms with Crippen LogP contribution in [0.4, 0.5) is 0 Å². The quantitative estimate of drug-likeness (QED) is 0.652. The number of rotatable bonds is 4. The second-order valence-electron chi connectivity index (χ2n) is 6.72. The smallest absolute Gasteiger partial charge is 0.272 e. The minimum atomic E-state index is 0.0453. The van der Waals surface area contributed by atoms with E-state index in [9.17, 15) is 4.79 Å². The summed E-state index contributed by atoms with van der Waals surface area (Å²) in [6.07, 6.45) is 6.12. The van der Waals surface area contributed by atoms with Gasteiger partial charge in [-0.05, 0) is 18.1 Å². The molecule has 0 unspecified atom stereocenters.